The summed E-state index contributed by atoms with van der Waals surface area (Å²) in [4.78, 5) is 0. The van der Waals surface area contributed by atoms with Crippen LogP contribution in [-0.2, 0) is 6.54 Å². The van der Waals surface area contributed by atoms with E-state index in [4.69, 9.17) is 16.3 Å². The van der Waals surface area contributed by atoms with Gasteiger partial charge in [-0.15, -0.1) is 0 Å². The van der Waals surface area contributed by atoms with E-state index in [1.165, 1.54) is 6.07 Å². The summed E-state index contributed by atoms with van der Waals surface area (Å²) in [5.74, 6) is 0.244. The van der Waals surface area contributed by atoms with E-state index in [0.717, 1.165) is 5.69 Å². The molecule has 0 aliphatic rings. The molecule has 1 unspecified atom stereocenters. The molecule has 6 heteroatoms. The van der Waals surface area contributed by atoms with E-state index in [-0.39, 0.29) is 5.82 Å². The summed E-state index contributed by atoms with van der Waals surface area (Å²) in [7, 11) is 3.32. The zero-order chi connectivity index (χ0) is 14.7. The molecule has 0 saturated carbocycles. The number of methoxy groups -OCH3 is 1. The van der Waals surface area contributed by atoms with Crippen LogP contribution >= 0.6 is 11.6 Å². The molecule has 1 aromatic heterocycles. The van der Waals surface area contributed by atoms with Crippen molar-refractivity contribution in [1.82, 2.24) is 15.1 Å². The average Bonchev–Trinajstić information content (AvgIpc) is 2.85. The van der Waals surface area contributed by atoms with Gasteiger partial charge >= 0.3 is 0 Å². The van der Waals surface area contributed by atoms with Crippen LogP contribution in [-0.4, -0.2) is 23.9 Å². The number of ether oxygens (including phenoxy) is 1. The zero-order valence-corrected chi connectivity index (χ0v) is 12.4. The topological polar surface area (TPSA) is 39.1 Å². The minimum Gasteiger partial charge on any atom is -0.493 e. The Bertz CT molecular complexity index is 558. The third-order valence-electron chi connectivity index (χ3n) is 3.21. The maximum absolute atomic E-state index is 14.2. The summed E-state index contributed by atoms with van der Waals surface area (Å²) in [6, 6.07) is 4.22. The van der Waals surface area contributed by atoms with Crippen molar-refractivity contribution in [2.24, 2.45) is 0 Å². The Labute approximate surface area is 122 Å². The fourth-order valence-electron chi connectivity index (χ4n) is 2.28. The molecule has 0 spiro atoms. The molecule has 0 radical (unpaired) electrons. The highest BCUT2D eigenvalue weighted by atomic mass is 35.5. The van der Waals surface area contributed by atoms with Crippen molar-refractivity contribution in [1.29, 1.82) is 0 Å². The lowest BCUT2D eigenvalue weighted by molar-refractivity contribution is 0.400. The standard InChI is InChI=1S/C14H17ClFN3O/c1-4-19-14(11(20-3)8-18-19)13(17-2)12-9(15)6-5-7-10(12)16/h5-8,13,17H,4H2,1-3H3. The Morgan fingerprint density at radius 3 is 2.80 bits per heavy atom. The van der Waals surface area contributed by atoms with E-state index < -0.39 is 6.04 Å². The number of benzene rings is 1. The average molecular weight is 298 g/mol. The first-order chi connectivity index (χ1) is 9.63. The van der Waals surface area contributed by atoms with Gasteiger partial charge in [0.1, 0.15) is 11.5 Å². The number of aryl methyl sites for hydroxylation is 1. The van der Waals surface area contributed by atoms with Crippen molar-refractivity contribution in [3.8, 4) is 5.75 Å². The summed E-state index contributed by atoms with van der Waals surface area (Å²) < 4.78 is 21.2. The van der Waals surface area contributed by atoms with Crippen LogP contribution in [0.2, 0.25) is 5.02 Å². The monoisotopic (exact) mass is 297 g/mol. The predicted molar refractivity (Wildman–Crippen MR) is 76.8 cm³/mol. The smallest absolute Gasteiger partial charge is 0.161 e. The third kappa shape index (κ3) is 2.51. The maximum Gasteiger partial charge on any atom is 0.161 e. The summed E-state index contributed by atoms with van der Waals surface area (Å²) in [6.45, 7) is 2.62. The second-order valence-electron chi connectivity index (χ2n) is 4.27. The molecule has 1 N–H and O–H groups in total. The Kier molecular flexibility index (Phi) is 4.62. The van der Waals surface area contributed by atoms with Gasteiger partial charge in [-0.1, -0.05) is 17.7 Å². The molecule has 0 amide bonds. The summed E-state index contributed by atoms with van der Waals surface area (Å²) in [6.07, 6.45) is 1.62. The lowest BCUT2D eigenvalue weighted by Gasteiger charge is -2.21. The largest absolute Gasteiger partial charge is 0.493 e. The number of hydrogen-bond acceptors (Lipinski definition) is 3. The predicted octanol–water partition coefficient (Wildman–Crippen LogP) is 3.01. The van der Waals surface area contributed by atoms with Crippen LogP contribution in [0.3, 0.4) is 0 Å². The van der Waals surface area contributed by atoms with E-state index in [9.17, 15) is 4.39 Å². The van der Waals surface area contributed by atoms with Crippen molar-refractivity contribution >= 4 is 11.6 Å². The highest BCUT2D eigenvalue weighted by molar-refractivity contribution is 6.31. The first kappa shape index (κ1) is 14.8. The van der Waals surface area contributed by atoms with E-state index >= 15 is 0 Å². The quantitative estimate of drug-likeness (QED) is 0.922. The number of nitrogens with one attached hydrogen (secondary N) is 1. The van der Waals surface area contributed by atoms with Gasteiger partial charge in [-0.3, -0.25) is 4.68 Å². The van der Waals surface area contributed by atoms with Crippen LogP contribution in [0.15, 0.2) is 24.4 Å². The second-order valence-corrected chi connectivity index (χ2v) is 4.68. The first-order valence-electron chi connectivity index (χ1n) is 6.34. The molecule has 108 valence electrons. The first-order valence-corrected chi connectivity index (χ1v) is 6.72. The molecule has 0 fully saturated rings. The van der Waals surface area contributed by atoms with E-state index in [1.807, 2.05) is 6.92 Å². The molecule has 2 aromatic rings. The lowest BCUT2D eigenvalue weighted by atomic mass is 10.0. The molecular formula is C14H17ClFN3O. The Morgan fingerprint density at radius 2 is 2.25 bits per heavy atom. The van der Waals surface area contributed by atoms with E-state index in [2.05, 4.69) is 10.4 Å². The highest BCUT2D eigenvalue weighted by Gasteiger charge is 2.26. The molecule has 1 atom stereocenters. The van der Waals surface area contributed by atoms with Crippen LogP contribution in [0.1, 0.15) is 24.2 Å². The van der Waals surface area contributed by atoms with Crippen LogP contribution in [0, 0.1) is 5.82 Å². The zero-order valence-electron chi connectivity index (χ0n) is 11.7. The van der Waals surface area contributed by atoms with Gasteiger partial charge in [0.15, 0.2) is 5.75 Å². The highest BCUT2D eigenvalue weighted by Crippen LogP contribution is 2.34. The lowest BCUT2D eigenvalue weighted by Crippen LogP contribution is -2.23. The van der Waals surface area contributed by atoms with Crippen LogP contribution < -0.4 is 10.1 Å². The SMILES string of the molecule is CCn1ncc(OC)c1C(NC)c1c(F)cccc1Cl. The Hall–Kier alpha value is -1.59. The Morgan fingerprint density at radius 1 is 1.50 bits per heavy atom. The molecule has 0 aliphatic heterocycles. The molecule has 1 aromatic carbocycles. The van der Waals surface area contributed by atoms with Gasteiger partial charge in [0.25, 0.3) is 0 Å². The van der Waals surface area contributed by atoms with Gasteiger partial charge in [-0.05, 0) is 26.1 Å². The van der Waals surface area contributed by atoms with Crippen LogP contribution in [0.25, 0.3) is 0 Å². The summed E-state index contributed by atoms with van der Waals surface area (Å²) in [5.41, 5.74) is 1.15. The minimum absolute atomic E-state index is 0.359. The molecular weight excluding hydrogens is 281 g/mol. The second kappa shape index (κ2) is 6.24. The third-order valence-corrected chi connectivity index (χ3v) is 3.54. The van der Waals surface area contributed by atoms with Crippen molar-refractivity contribution in [3.63, 3.8) is 0 Å². The maximum atomic E-state index is 14.2. The van der Waals surface area contributed by atoms with Crippen molar-refractivity contribution in [2.45, 2.75) is 19.5 Å². The van der Waals surface area contributed by atoms with E-state index in [0.29, 0.717) is 22.9 Å². The Balaban J connectivity index is 2.61. The van der Waals surface area contributed by atoms with E-state index in [1.54, 1.807) is 37.2 Å². The molecule has 0 saturated heterocycles. The van der Waals surface area contributed by atoms with Crippen molar-refractivity contribution in [2.75, 3.05) is 14.2 Å². The number of hydrogen-bond donors (Lipinski definition) is 1. The van der Waals surface area contributed by atoms with Gasteiger partial charge in [0.2, 0.25) is 0 Å². The number of nitrogens with zero attached hydrogens (tertiary/aromatic N) is 2. The van der Waals surface area contributed by atoms with Gasteiger partial charge < -0.3 is 10.1 Å². The van der Waals surface area contributed by atoms with Crippen molar-refractivity contribution in [3.05, 3.63) is 46.5 Å². The molecule has 0 aliphatic carbocycles. The van der Waals surface area contributed by atoms with Gasteiger partial charge in [0, 0.05) is 17.1 Å². The summed E-state index contributed by atoms with van der Waals surface area (Å²) >= 11 is 6.16. The normalized spacial score (nSPS) is 12.4. The number of aromatic nitrogens is 2. The number of halogens is 2. The van der Waals surface area contributed by atoms with Crippen LogP contribution in [0.4, 0.5) is 4.39 Å². The molecule has 1 heterocycles. The summed E-state index contributed by atoms with van der Waals surface area (Å²) in [5, 5.41) is 7.70. The minimum atomic E-state index is -0.430. The molecule has 4 nitrogen and oxygen atoms in total. The van der Waals surface area contributed by atoms with Gasteiger partial charge in [0.05, 0.1) is 19.3 Å². The number of rotatable bonds is 5. The molecule has 0 bridgehead atoms. The van der Waals surface area contributed by atoms with Gasteiger partial charge in [-0.25, -0.2) is 4.39 Å². The fourth-order valence-corrected chi connectivity index (χ4v) is 2.55. The van der Waals surface area contributed by atoms with Gasteiger partial charge in [-0.2, -0.15) is 5.10 Å². The van der Waals surface area contributed by atoms with Crippen LogP contribution in [0.5, 0.6) is 5.75 Å². The fraction of sp³-hybridized carbons (Fsp3) is 0.357. The molecule has 2 rings (SSSR count). The molecule has 20 heavy (non-hydrogen) atoms. The van der Waals surface area contributed by atoms with Crippen molar-refractivity contribution < 1.29 is 9.13 Å².